The number of rotatable bonds is 7. The van der Waals surface area contributed by atoms with E-state index in [2.05, 4.69) is 6.58 Å². The fourth-order valence-electron chi connectivity index (χ4n) is 1.33. The summed E-state index contributed by atoms with van der Waals surface area (Å²) in [5.74, 6) is -2.39. The number of hydrogen-bond donors (Lipinski definition) is 0. The van der Waals surface area contributed by atoms with Crippen molar-refractivity contribution in [2.45, 2.75) is 12.8 Å². The third-order valence-corrected chi connectivity index (χ3v) is 2.17. The van der Waals surface area contributed by atoms with E-state index in [0.717, 1.165) is 25.0 Å². The van der Waals surface area contributed by atoms with Gasteiger partial charge >= 0.3 is 0 Å². The molecule has 0 saturated heterocycles. The van der Waals surface area contributed by atoms with E-state index in [4.69, 9.17) is 4.74 Å². The molecule has 17 heavy (non-hydrogen) atoms. The number of benzene rings is 1. The summed E-state index contributed by atoms with van der Waals surface area (Å²) in [5.41, 5.74) is -0.531. The summed E-state index contributed by atoms with van der Waals surface area (Å²) >= 11 is 0. The number of ketones is 1. The summed E-state index contributed by atoms with van der Waals surface area (Å²) in [6.07, 6.45) is 3.25. The molecule has 0 fully saturated rings. The fraction of sp³-hybridized carbons (Fsp3) is 0.308. The van der Waals surface area contributed by atoms with Gasteiger partial charge in [-0.25, -0.2) is 8.78 Å². The van der Waals surface area contributed by atoms with Gasteiger partial charge in [-0.3, -0.25) is 4.79 Å². The van der Waals surface area contributed by atoms with Crippen molar-refractivity contribution in [1.82, 2.24) is 0 Å². The van der Waals surface area contributed by atoms with Crippen molar-refractivity contribution in [3.05, 3.63) is 48.1 Å². The van der Waals surface area contributed by atoms with E-state index in [0.29, 0.717) is 6.61 Å². The van der Waals surface area contributed by atoms with Gasteiger partial charge in [-0.15, -0.1) is 6.58 Å². The van der Waals surface area contributed by atoms with Crippen LogP contribution in [0.4, 0.5) is 8.78 Å². The second kappa shape index (κ2) is 6.91. The van der Waals surface area contributed by atoms with E-state index < -0.39 is 23.0 Å². The number of halogens is 2. The largest absolute Gasteiger partial charge is 0.373 e. The topological polar surface area (TPSA) is 26.3 Å². The predicted molar refractivity (Wildman–Crippen MR) is 60.9 cm³/mol. The molecule has 1 rings (SSSR count). The Kier molecular flexibility index (Phi) is 5.49. The summed E-state index contributed by atoms with van der Waals surface area (Å²) < 4.78 is 31.4. The van der Waals surface area contributed by atoms with Gasteiger partial charge < -0.3 is 4.74 Å². The molecule has 0 aliphatic heterocycles. The average Bonchev–Trinajstić information content (AvgIpc) is 2.28. The van der Waals surface area contributed by atoms with Crippen LogP contribution in [0.1, 0.15) is 23.2 Å². The molecule has 0 aliphatic carbocycles. The first kappa shape index (κ1) is 13.5. The fourth-order valence-corrected chi connectivity index (χ4v) is 1.33. The van der Waals surface area contributed by atoms with Crippen LogP contribution < -0.4 is 0 Å². The van der Waals surface area contributed by atoms with Crippen molar-refractivity contribution in [2.75, 3.05) is 13.2 Å². The third kappa shape index (κ3) is 4.07. The first-order valence-electron chi connectivity index (χ1n) is 5.32. The highest BCUT2D eigenvalue weighted by atomic mass is 19.1. The molecule has 0 atom stereocenters. The van der Waals surface area contributed by atoms with Crippen LogP contribution in [0.2, 0.25) is 0 Å². The summed E-state index contributed by atoms with van der Waals surface area (Å²) in [6, 6.07) is 3.31. The zero-order valence-corrected chi connectivity index (χ0v) is 9.42. The summed E-state index contributed by atoms with van der Waals surface area (Å²) in [6.45, 7) is 3.60. The maximum Gasteiger partial charge on any atom is 0.194 e. The standard InChI is InChI=1S/C13H14F2O2/c1-2-3-4-8-17-9-12(16)13-10(14)6-5-7-11(13)15/h2,5-7H,1,3-4,8-9H2. The first-order valence-corrected chi connectivity index (χ1v) is 5.32. The van der Waals surface area contributed by atoms with E-state index in [1.807, 2.05) is 0 Å². The minimum atomic E-state index is -0.857. The van der Waals surface area contributed by atoms with Gasteiger partial charge in [-0.05, 0) is 25.0 Å². The number of carbonyl (C=O) groups is 1. The lowest BCUT2D eigenvalue weighted by Gasteiger charge is -2.05. The van der Waals surface area contributed by atoms with Crippen molar-refractivity contribution in [1.29, 1.82) is 0 Å². The summed E-state index contributed by atoms with van der Waals surface area (Å²) in [7, 11) is 0. The van der Waals surface area contributed by atoms with Gasteiger partial charge in [-0.2, -0.15) is 0 Å². The Morgan fingerprint density at radius 1 is 1.35 bits per heavy atom. The molecular weight excluding hydrogens is 226 g/mol. The lowest BCUT2D eigenvalue weighted by atomic mass is 10.1. The molecular formula is C13H14F2O2. The molecule has 2 nitrogen and oxygen atoms in total. The molecule has 0 aliphatic rings. The molecule has 0 unspecified atom stereocenters. The highest BCUT2D eigenvalue weighted by Crippen LogP contribution is 2.12. The number of ether oxygens (including phenoxy) is 1. The highest BCUT2D eigenvalue weighted by Gasteiger charge is 2.16. The smallest absolute Gasteiger partial charge is 0.194 e. The molecule has 0 bridgehead atoms. The van der Waals surface area contributed by atoms with Gasteiger partial charge in [0.1, 0.15) is 18.2 Å². The number of hydrogen-bond acceptors (Lipinski definition) is 2. The zero-order valence-electron chi connectivity index (χ0n) is 9.42. The van der Waals surface area contributed by atoms with Crippen molar-refractivity contribution in [2.24, 2.45) is 0 Å². The van der Waals surface area contributed by atoms with Crippen LogP contribution in [0.25, 0.3) is 0 Å². The Balaban J connectivity index is 2.50. The van der Waals surface area contributed by atoms with Crippen LogP contribution in [0.5, 0.6) is 0 Å². The Labute approximate surface area is 98.9 Å². The van der Waals surface area contributed by atoms with Crippen LogP contribution in [-0.2, 0) is 4.74 Å². The third-order valence-electron chi connectivity index (χ3n) is 2.17. The predicted octanol–water partition coefficient (Wildman–Crippen LogP) is 3.13. The van der Waals surface area contributed by atoms with Gasteiger partial charge in [0.2, 0.25) is 0 Å². The maximum atomic E-state index is 13.2. The van der Waals surface area contributed by atoms with Crippen molar-refractivity contribution < 1.29 is 18.3 Å². The van der Waals surface area contributed by atoms with Crippen molar-refractivity contribution in [3.8, 4) is 0 Å². The minimum absolute atomic E-state index is 0.311. The van der Waals surface area contributed by atoms with E-state index in [1.54, 1.807) is 6.08 Å². The van der Waals surface area contributed by atoms with E-state index in [1.165, 1.54) is 6.07 Å². The van der Waals surface area contributed by atoms with Crippen LogP contribution in [-0.4, -0.2) is 19.0 Å². The van der Waals surface area contributed by atoms with Gasteiger partial charge in [0.25, 0.3) is 0 Å². The molecule has 4 heteroatoms. The highest BCUT2D eigenvalue weighted by molar-refractivity contribution is 5.97. The normalized spacial score (nSPS) is 10.2. The van der Waals surface area contributed by atoms with Crippen molar-refractivity contribution in [3.63, 3.8) is 0 Å². The monoisotopic (exact) mass is 240 g/mol. The van der Waals surface area contributed by atoms with Crippen LogP contribution in [0.15, 0.2) is 30.9 Å². The molecule has 0 aromatic heterocycles. The molecule has 0 N–H and O–H groups in total. The van der Waals surface area contributed by atoms with Crippen LogP contribution in [0.3, 0.4) is 0 Å². The maximum absolute atomic E-state index is 13.2. The summed E-state index contributed by atoms with van der Waals surface area (Å²) in [4.78, 5) is 11.5. The van der Waals surface area contributed by atoms with E-state index in [9.17, 15) is 13.6 Å². The Morgan fingerprint density at radius 2 is 2.00 bits per heavy atom. The second-order valence-corrected chi connectivity index (χ2v) is 3.50. The lowest BCUT2D eigenvalue weighted by molar-refractivity contribution is 0.0748. The van der Waals surface area contributed by atoms with Gasteiger partial charge in [0.05, 0.1) is 5.56 Å². The number of allylic oxidation sites excluding steroid dienone is 1. The number of carbonyl (C=O) groups excluding carboxylic acids is 1. The number of unbranched alkanes of at least 4 members (excludes halogenated alkanes) is 1. The quantitative estimate of drug-likeness (QED) is 0.416. The zero-order chi connectivity index (χ0) is 12.7. The molecule has 1 aromatic rings. The van der Waals surface area contributed by atoms with Crippen LogP contribution in [0, 0.1) is 11.6 Å². The molecule has 0 amide bonds. The number of Topliss-reactive ketones (excluding diaryl/α,β-unsaturated/α-hetero) is 1. The molecule has 0 heterocycles. The Morgan fingerprint density at radius 3 is 2.59 bits per heavy atom. The van der Waals surface area contributed by atoms with Gasteiger partial charge in [0.15, 0.2) is 5.78 Å². The van der Waals surface area contributed by atoms with Crippen LogP contribution >= 0.6 is 0 Å². The minimum Gasteiger partial charge on any atom is -0.373 e. The van der Waals surface area contributed by atoms with Gasteiger partial charge in [0, 0.05) is 6.61 Å². The molecule has 0 radical (unpaired) electrons. The van der Waals surface area contributed by atoms with E-state index in [-0.39, 0.29) is 6.61 Å². The average molecular weight is 240 g/mol. The van der Waals surface area contributed by atoms with E-state index >= 15 is 0 Å². The Bertz CT molecular complexity index is 382. The first-order chi connectivity index (χ1) is 8.16. The lowest BCUT2D eigenvalue weighted by Crippen LogP contribution is -2.13. The Hall–Kier alpha value is -1.55. The molecule has 1 aromatic carbocycles. The van der Waals surface area contributed by atoms with Crippen molar-refractivity contribution >= 4 is 5.78 Å². The summed E-state index contributed by atoms with van der Waals surface area (Å²) in [5, 5.41) is 0. The molecule has 0 spiro atoms. The SMILES string of the molecule is C=CCCCOCC(=O)c1c(F)cccc1F. The molecule has 0 saturated carbocycles. The van der Waals surface area contributed by atoms with Gasteiger partial charge in [-0.1, -0.05) is 12.1 Å². The molecule has 92 valence electrons. The second-order valence-electron chi connectivity index (χ2n) is 3.50.